The largest absolute Gasteiger partial charge is 0.376 e. The molecule has 3 rings (SSSR count). The van der Waals surface area contributed by atoms with Crippen LogP contribution in [0.15, 0.2) is 16.9 Å². The normalized spacial score (nSPS) is 16.5. The third-order valence-electron chi connectivity index (χ3n) is 3.85. The summed E-state index contributed by atoms with van der Waals surface area (Å²) in [6.07, 6.45) is 1.76. The van der Waals surface area contributed by atoms with E-state index in [0.717, 1.165) is 12.8 Å². The maximum Gasteiger partial charge on any atom is 0.314 e. The molecule has 2 aromatic heterocycles. The number of carbonyl (C=O) groups is 2. The van der Waals surface area contributed by atoms with Crippen LogP contribution in [0.4, 0.5) is 5.82 Å². The molecule has 10 heteroatoms. The van der Waals surface area contributed by atoms with Gasteiger partial charge in [-0.25, -0.2) is 4.98 Å². The van der Waals surface area contributed by atoms with Crippen LogP contribution in [0.3, 0.4) is 0 Å². The van der Waals surface area contributed by atoms with Crippen LogP contribution in [-0.2, 0) is 14.3 Å². The van der Waals surface area contributed by atoms with E-state index < -0.39 is 11.8 Å². The van der Waals surface area contributed by atoms with Crippen molar-refractivity contribution in [3.8, 4) is 5.95 Å². The number of hydrogen-bond acceptors (Lipinski definition) is 6. The zero-order chi connectivity index (χ0) is 18.7. The standard InChI is InChI=1S/C16H20N6O4/c1-9-7-13(23)20-16(18-9)22-12(6-10(2)21-22)19-15(25)14(24)17-8-11-4-3-5-26-11/h6-7,11H,3-5,8H2,1-2H3,(H,17,24)(H,19,25)(H,18,20,23). The molecular weight excluding hydrogens is 340 g/mol. The zero-order valence-corrected chi connectivity index (χ0v) is 14.5. The Morgan fingerprint density at radius 3 is 2.81 bits per heavy atom. The maximum atomic E-state index is 12.1. The van der Waals surface area contributed by atoms with Crippen molar-refractivity contribution in [1.82, 2.24) is 25.1 Å². The first-order valence-electron chi connectivity index (χ1n) is 8.28. The number of rotatable bonds is 4. The number of aryl methyl sites for hydroxylation is 2. The van der Waals surface area contributed by atoms with Gasteiger partial charge in [-0.15, -0.1) is 0 Å². The predicted octanol–water partition coefficient (Wildman–Crippen LogP) is -0.194. The van der Waals surface area contributed by atoms with Crippen molar-refractivity contribution in [3.05, 3.63) is 33.9 Å². The molecule has 0 spiro atoms. The van der Waals surface area contributed by atoms with Crippen LogP contribution < -0.4 is 16.2 Å². The summed E-state index contributed by atoms with van der Waals surface area (Å²) < 4.78 is 6.67. The van der Waals surface area contributed by atoms with Crippen molar-refractivity contribution in [3.63, 3.8) is 0 Å². The molecule has 26 heavy (non-hydrogen) atoms. The average Bonchev–Trinajstić information content (AvgIpc) is 3.21. The molecule has 138 valence electrons. The molecule has 1 fully saturated rings. The number of H-pyrrole nitrogens is 1. The number of amides is 2. The SMILES string of the molecule is Cc1cc(=O)[nH]c(-n2nc(C)cc2NC(=O)C(=O)NCC2CCCO2)n1. The first-order valence-corrected chi connectivity index (χ1v) is 8.28. The summed E-state index contributed by atoms with van der Waals surface area (Å²) in [5.74, 6) is -1.22. The lowest BCUT2D eigenvalue weighted by atomic mass is 10.2. The van der Waals surface area contributed by atoms with Gasteiger partial charge < -0.3 is 15.4 Å². The average molecular weight is 360 g/mol. The van der Waals surface area contributed by atoms with Gasteiger partial charge in [0.15, 0.2) is 0 Å². The quantitative estimate of drug-likeness (QED) is 0.648. The van der Waals surface area contributed by atoms with E-state index in [9.17, 15) is 14.4 Å². The van der Waals surface area contributed by atoms with E-state index in [1.165, 1.54) is 10.7 Å². The summed E-state index contributed by atoms with van der Waals surface area (Å²) in [5, 5.41) is 9.24. The Hall–Kier alpha value is -3.01. The Morgan fingerprint density at radius 2 is 2.12 bits per heavy atom. The van der Waals surface area contributed by atoms with E-state index in [2.05, 4.69) is 25.7 Å². The Morgan fingerprint density at radius 1 is 1.31 bits per heavy atom. The Bertz CT molecular complexity index is 881. The van der Waals surface area contributed by atoms with E-state index in [4.69, 9.17) is 4.74 Å². The molecule has 10 nitrogen and oxygen atoms in total. The van der Waals surface area contributed by atoms with E-state index in [-0.39, 0.29) is 30.0 Å². The molecule has 2 aromatic rings. The molecule has 0 aromatic carbocycles. The van der Waals surface area contributed by atoms with Gasteiger partial charge in [-0.1, -0.05) is 0 Å². The second-order valence-electron chi connectivity index (χ2n) is 6.09. The van der Waals surface area contributed by atoms with Crippen LogP contribution >= 0.6 is 0 Å². The maximum absolute atomic E-state index is 12.1. The Labute approximate surface area is 149 Å². The topological polar surface area (TPSA) is 131 Å². The van der Waals surface area contributed by atoms with Crippen LogP contribution in [0.1, 0.15) is 24.2 Å². The molecule has 1 saturated heterocycles. The Balaban J connectivity index is 1.72. The second kappa shape index (κ2) is 7.48. The second-order valence-corrected chi connectivity index (χ2v) is 6.09. The zero-order valence-electron chi connectivity index (χ0n) is 14.5. The summed E-state index contributed by atoms with van der Waals surface area (Å²) in [7, 11) is 0. The molecule has 0 bridgehead atoms. The van der Waals surface area contributed by atoms with Crippen molar-refractivity contribution in [2.75, 3.05) is 18.5 Å². The van der Waals surface area contributed by atoms with Gasteiger partial charge >= 0.3 is 11.8 Å². The minimum atomic E-state index is -0.834. The number of aromatic amines is 1. The van der Waals surface area contributed by atoms with E-state index >= 15 is 0 Å². The van der Waals surface area contributed by atoms with Gasteiger partial charge in [-0.2, -0.15) is 9.78 Å². The van der Waals surface area contributed by atoms with Crippen LogP contribution in [0.5, 0.6) is 0 Å². The van der Waals surface area contributed by atoms with Gasteiger partial charge in [-0.05, 0) is 26.7 Å². The number of ether oxygens (including phenoxy) is 1. The highest BCUT2D eigenvalue weighted by molar-refractivity contribution is 6.39. The smallest absolute Gasteiger partial charge is 0.314 e. The van der Waals surface area contributed by atoms with Gasteiger partial charge in [0.25, 0.3) is 5.56 Å². The molecule has 1 aliphatic heterocycles. The van der Waals surface area contributed by atoms with Crippen LogP contribution in [0.25, 0.3) is 5.95 Å². The molecule has 1 unspecified atom stereocenters. The van der Waals surface area contributed by atoms with Crippen molar-refractivity contribution in [2.24, 2.45) is 0 Å². The summed E-state index contributed by atoms with van der Waals surface area (Å²) in [6.45, 7) is 4.35. The summed E-state index contributed by atoms with van der Waals surface area (Å²) in [6, 6.07) is 2.92. The molecule has 0 radical (unpaired) electrons. The molecular formula is C16H20N6O4. The summed E-state index contributed by atoms with van der Waals surface area (Å²) >= 11 is 0. The highest BCUT2D eigenvalue weighted by Crippen LogP contribution is 2.14. The lowest BCUT2D eigenvalue weighted by Crippen LogP contribution is -2.39. The van der Waals surface area contributed by atoms with Crippen LogP contribution in [0, 0.1) is 13.8 Å². The number of nitrogens with zero attached hydrogens (tertiary/aromatic N) is 3. The minimum absolute atomic E-state index is 0.0545. The van der Waals surface area contributed by atoms with Crippen LogP contribution in [0.2, 0.25) is 0 Å². The molecule has 0 aliphatic carbocycles. The fraction of sp³-hybridized carbons (Fsp3) is 0.438. The minimum Gasteiger partial charge on any atom is -0.376 e. The fourth-order valence-electron chi connectivity index (χ4n) is 2.68. The molecule has 3 N–H and O–H groups in total. The van der Waals surface area contributed by atoms with Gasteiger partial charge in [0.05, 0.1) is 11.8 Å². The fourth-order valence-corrected chi connectivity index (χ4v) is 2.68. The molecule has 1 aliphatic rings. The number of hydrogen-bond donors (Lipinski definition) is 3. The van der Waals surface area contributed by atoms with Crippen molar-refractivity contribution in [1.29, 1.82) is 0 Å². The first kappa shape index (κ1) is 17.8. The van der Waals surface area contributed by atoms with Gasteiger partial charge in [0.1, 0.15) is 5.82 Å². The monoisotopic (exact) mass is 360 g/mol. The lowest BCUT2D eigenvalue weighted by molar-refractivity contribution is -0.136. The number of anilines is 1. The molecule has 1 atom stereocenters. The van der Waals surface area contributed by atoms with E-state index in [1.807, 2.05) is 0 Å². The third-order valence-corrected chi connectivity index (χ3v) is 3.85. The molecule has 3 heterocycles. The predicted molar refractivity (Wildman–Crippen MR) is 92.1 cm³/mol. The van der Waals surface area contributed by atoms with Gasteiger partial charge in [0, 0.05) is 31.0 Å². The van der Waals surface area contributed by atoms with E-state index in [1.54, 1.807) is 19.9 Å². The Kier molecular flexibility index (Phi) is 5.12. The van der Waals surface area contributed by atoms with Gasteiger partial charge in [-0.3, -0.25) is 19.4 Å². The van der Waals surface area contributed by atoms with Gasteiger partial charge in [0.2, 0.25) is 5.95 Å². The first-order chi connectivity index (χ1) is 12.4. The number of nitrogens with one attached hydrogen (secondary N) is 3. The molecule has 0 saturated carbocycles. The van der Waals surface area contributed by atoms with Crippen LogP contribution in [-0.4, -0.2) is 50.8 Å². The van der Waals surface area contributed by atoms with Crippen molar-refractivity contribution < 1.29 is 14.3 Å². The number of carbonyl (C=O) groups excluding carboxylic acids is 2. The lowest BCUT2D eigenvalue weighted by Gasteiger charge is -2.11. The van der Waals surface area contributed by atoms with E-state index in [0.29, 0.717) is 18.0 Å². The highest BCUT2D eigenvalue weighted by atomic mass is 16.5. The third kappa shape index (κ3) is 4.14. The molecule has 2 amide bonds. The highest BCUT2D eigenvalue weighted by Gasteiger charge is 2.21. The summed E-state index contributed by atoms with van der Waals surface area (Å²) in [4.78, 5) is 42.5. The summed E-state index contributed by atoms with van der Waals surface area (Å²) in [5.41, 5.74) is 0.750. The van der Waals surface area contributed by atoms with Crippen molar-refractivity contribution >= 4 is 17.6 Å². The number of aromatic nitrogens is 4. The van der Waals surface area contributed by atoms with Crippen molar-refractivity contribution in [2.45, 2.75) is 32.8 Å².